The van der Waals surface area contributed by atoms with E-state index in [0.29, 0.717) is 6.42 Å². The quantitative estimate of drug-likeness (QED) is 0.791. The molecule has 21 heavy (non-hydrogen) atoms. The number of para-hydroxylation sites is 1. The monoisotopic (exact) mass is 400 g/mol. The fourth-order valence-electron chi connectivity index (χ4n) is 2.74. The van der Waals surface area contributed by atoms with Crippen molar-refractivity contribution in [1.29, 1.82) is 0 Å². The van der Waals surface area contributed by atoms with Crippen LogP contribution in [0, 0.1) is 9.49 Å². The Morgan fingerprint density at radius 2 is 1.95 bits per heavy atom. The van der Waals surface area contributed by atoms with Crippen LogP contribution in [0.5, 0.6) is 0 Å². The summed E-state index contributed by atoms with van der Waals surface area (Å²) in [4.78, 5) is 27.0. The highest BCUT2D eigenvalue weighted by Gasteiger charge is 2.42. The first-order chi connectivity index (χ1) is 9.97. The Balaban J connectivity index is 2.46. The third kappa shape index (κ3) is 3.22. The van der Waals surface area contributed by atoms with Gasteiger partial charge < -0.3 is 5.32 Å². The van der Waals surface area contributed by atoms with Gasteiger partial charge in [0.2, 0.25) is 11.8 Å². The van der Waals surface area contributed by atoms with Crippen molar-refractivity contribution >= 4 is 40.1 Å². The number of benzene rings is 1. The van der Waals surface area contributed by atoms with Crippen molar-refractivity contribution in [3.05, 3.63) is 27.8 Å². The second-order valence-corrected chi connectivity index (χ2v) is 6.86. The van der Waals surface area contributed by atoms with Gasteiger partial charge in [-0.2, -0.15) is 0 Å². The lowest BCUT2D eigenvalue weighted by atomic mass is 9.95. The first kappa shape index (κ1) is 16.3. The average Bonchev–Trinajstić information content (AvgIpc) is 2.43. The number of nitrogens with zero attached hydrogens (tertiary/aromatic N) is 1. The normalized spacial score (nSPS) is 22.6. The van der Waals surface area contributed by atoms with E-state index in [9.17, 15) is 9.59 Å². The largest absolute Gasteiger partial charge is 0.342 e. The molecule has 1 heterocycles. The van der Waals surface area contributed by atoms with E-state index in [1.54, 1.807) is 4.90 Å². The summed E-state index contributed by atoms with van der Waals surface area (Å²) in [6.45, 7) is 5.96. The molecule has 0 saturated carbocycles. The second-order valence-electron chi connectivity index (χ2n) is 5.70. The second kappa shape index (κ2) is 6.77. The van der Waals surface area contributed by atoms with Gasteiger partial charge >= 0.3 is 0 Å². The van der Waals surface area contributed by atoms with Gasteiger partial charge in [0.25, 0.3) is 0 Å². The van der Waals surface area contributed by atoms with Crippen molar-refractivity contribution in [2.75, 3.05) is 4.90 Å². The van der Waals surface area contributed by atoms with Gasteiger partial charge in [0.15, 0.2) is 0 Å². The molecule has 5 heteroatoms. The number of piperazine rings is 1. The Labute approximate surface area is 139 Å². The van der Waals surface area contributed by atoms with Crippen molar-refractivity contribution in [2.45, 2.75) is 45.7 Å². The zero-order valence-corrected chi connectivity index (χ0v) is 14.8. The van der Waals surface area contributed by atoms with Crippen LogP contribution < -0.4 is 10.2 Å². The third-order valence-electron chi connectivity index (χ3n) is 3.72. The average molecular weight is 400 g/mol. The molecule has 4 nitrogen and oxygen atoms in total. The van der Waals surface area contributed by atoms with E-state index in [4.69, 9.17) is 0 Å². The number of carbonyl (C=O) groups excluding carboxylic acids is 2. The molecule has 114 valence electrons. The number of hydrogen-bond donors (Lipinski definition) is 1. The predicted octanol–water partition coefficient (Wildman–Crippen LogP) is 2.95. The van der Waals surface area contributed by atoms with Crippen LogP contribution in [-0.2, 0) is 9.59 Å². The predicted molar refractivity (Wildman–Crippen MR) is 92.1 cm³/mol. The van der Waals surface area contributed by atoms with Gasteiger partial charge in [-0.1, -0.05) is 39.3 Å². The van der Waals surface area contributed by atoms with Gasteiger partial charge in [-0.3, -0.25) is 14.5 Å². The lowest BCUT2D eigenvalue weighted by Gasteiger charge is -2.41. The Morgan fingerprint density at radius 3 is 2.52 bits per heavy atom. The summed E-state index contributed by atoms with van der Waals surface area (Å²) >= 11 is 2.22. The molecule has 2 atom stereocenters. The molecule has 1 aromatic rings. The molecule has 0 spiro atoms. The molecule has 2 amide bonds. The zero-order valence-electron chi connectivity index (χ0n) is 12.6. The molecular formula is C16H21IN2O2. The van der Waals surface area contributed by atoms with Crippen molar-refractivity contribution in [3.8, 4) is 0 Å². The van der Waals surface area contributed by atoms with Gasteiger partial charge in [-0.05, 0) is 47.1 Å². The standard InChI is InChI=1S/C16H21IN2O2/c1-4-7-12-16(21)19(13-9-6-5-8-11(13)17)14(10(2)3)15(20)18-12/h5-6,8-10,12,14H,4,7H2,1-3H3,(H,18,20). The molecule has 0 radical (unpaired) electrons. The van der Waals surface area contributed by atoms with Crippen LogP contribution in [0.4, 0.5) is 5.69 Å². The van der Waals surface area contributed by atoms with E-state index in [1.165, 1.54) is 0 Å². The Kier molecular flexibility index (Phi) is 5.24. The Morgan fingerprint density at radius 1 is 1.29 bits per heavy atom. The van der Waals surface area contributed by atoms with Gasteiger partial charge in [-0.25, -0.2) is 0 Å². The van der Waals surface area contributed by atoms with Crippen LogP contribution in [0.25, 0.3) is 0 Å². The summed E-state index contributed by atoms with van der Waals surface area (Å²) in [5.41, 5.74) is 0.831. The lowest BCUT2D eigenvalue weighted by Crippen LogP contribution is -2.65. The molecule has 0 bridgehead atoms. The smallest absolute Gasteiger partial charge is 0.250 e. The third-order valence-corrected chi connectivity index (χ3v) is 4.63. The first-order valence-electron chi connectivity index (χ1n) is 7.35. The molecule has 1 fully saturated rings. The molecule has 1 saturated heterocycles. The molecule has 1 aliphatic rings. The minimum absolute atomic E-state index is 0.000680. The van der Waals surface area contributed by atoms with E-state index in [2.05, 4.69) is 27.9 Å². The Hall–Kier alpha value is -1.11. The van der Waals surface area contributed by atoms with E-state index < -0.39 is 12.1 Å². The molecule has 0 aromatic heterocycles. The molecule has 1 N–H and O–H groups in total. The molecule has 0 aliphatic carbocycles. The van der Waals surface area contributed by atoms with Crippen molar-refractivity contribution in [1.82, 2.24) is 5.32 Å². The van der Waals surface area contributed by atoms with Crippen molar-refractivity contribution < 1.29 is 9.59 Å². The first-order valence-corrected chi connectivity index (χ1v) is 8.43. The number of hydrogen-bond acceptors (Lipinski definition) is 2. The summed E-state index contributed by atoms with van der Waals surface area (Å²) in [5.74, 6) is 0.00880. The maximum atomic E-state index is 12.8. The minimum atomic E-state index is -0.443. The molecular weight excluding hydrogens is 379 g/mol. The maximum absolute atomic E-state index is 12.8. The highest BCUT2D eigenvalue weighted by molar-refractivity contribution is 14.1. The lowest BCUT2D eigenvalue weighted by molar-refractivity contribution is -0.135. The molecule has 1 aromatic carbocycles. The van der Waals surface area contributed by atoms with Crippen molar-refractivity contribution in [2.24, 2.45) is 5.92 Å². The molecule has 2 rings (SSSR count). The van der Waals surface area contributed by atoms with Crippen LogP contribution in [0.2, 0.25) is 0 Å². The summed E-state index contributed by atoms with van der Waals surface area (Å²) < 4.78 is 0.985. The minimum Gasteiger partial charge on any atom is -0.342 e. The summed E-state index contributed by atoms with van der Waals surface area (Å²) in [6.07, 6.45) is 1.54. The van der Waals surface area contributed by atoms with Gasteiger partial charge in [0.1, 0.15) is 12.1 Å². The maximum Gasteiger partial charge on any atom is 0.250 e. The van der Waals surface area contributed by atoms with Crippen LogP contribution in [0.1, 0.15) is 33.6 Å². The highest BCUT2D eigenvalue weighted by atomic mass is 127. The topological polar surface area (TPSA) is 49.4 Å². The number of rotatable bonds is 4. The Bertz CT molecular complexity index is 545. The summed E-state index contributed by atoms with van der Waals surface area (Å²) in [7, 11) is 0. The van der Waals surface area contributed by atoms with Gasteiger partial charge in [0, 0.05) is 3.57 Å². The zero-order chi connectivity index (χ0) is 15.6. The SMILES string of the molecule is CCCC1NC(=O)C(C(C)C)N(c2ccccc2I)C1=O. The van der Waals surface area contributed by atoms with Gasteiger partial charge in [0.05, 0.1) is 5.69 Å². The van der Waals surface area contributed by atoms with Crippen LogP contribution >= 0.6 is 22.6 Å². The van der Waals surface area contributed by atoms with E-state index >= 15 is 0 Å². The molecule has 2 unspecified atom stereocenters. The number of anilines is 1. The van der Waals surface area contributed by atoms with Crippen LogP contribution in [-0.4, -0.2) is 23.9 Å². The number of halogens is 1. The number of carbonyl (C=O) groups is 2. The molecule has 1 aliphatic heterocycles. The van der Waals surface area contributed by atoms with E-state index in [0.717, 1.165) is 15.7 Å². The summed E-state index contributed by atoms with van der Waals surface area (Å²) in [6, 6.07) is 6.87. The summed E-state index contributed by atoms with van der Waals surface area (Å²) in [5, 5.41) is 2.89. The van der Waals surface area contributed by atoms with Crippen molar-refractivity contribution in [3.63, 3.8) is 0 Å². The van der Waals surface area contributed by atoms with Crippen LogP contribution in [0.15, 0.2) is 24.3 Å². The fourth-order valence-corrected chi connectivity index (χ4v) is 3.39. The number of amides is 2. The fraction of sp³-hybridized carbons (Fsp3) is 0.500. The highest BCUT2D eigenvalue weighted by Crippen LogP contribution is 2.30. The van der Waals surface area contributed by atoms with Gasteiger partial charge in [-0.15, -0.1) is 0 Å². The number of nitrogens with one attached hydrogen (secondary N) is 1. The van der Waals surface area contributed by atoms with E-state index in [1.807, 2.05) is 45.0 Å². The van der Waals surface area contributed by atoms with Crippen LogP contribution in [0.3, 0.4) is 0 Å². The van der Waals surface area contributed by atoms with E-state index in [-0.39, 0.29) is 17.7 Å².